The minimum Gasteiger partial charge on any atom is -0.0625 e. The Morgan fingerprint density at radius 1 is 0.462 bits per heavy atom. The molecule has 0 unspecified atom stereocenters. The summed E-state index contributed by atoms with van der Waals surface area (Å²) in [6.45, 7) is 30.6. The lowest BCUT2D eigenvalue weighted by Gasteiger charge is -2.29. The molecule has 0 nitrogen and oxygen atoms in total. The van der Waals surface area contributed by atoms with E-state index in [2.05, 4.69) is 96.1 Å². The second-order valence-corrected chi connectivity index (χ2v) is 13.4. The van der Waals surface area contributed by atoms with E-state index < -0.39 is 0 Å². The first-order valence-electron chi connectivity index (χ1n) is 15.5. The molecule has 0 spiro atoms. The highest BCUT2D eigenvalue weighted by molar-refractivity contribution is 5.88. The molecule has 0 radical (unpaired) electrons. The lowest BCUT2D eigenvalue weighted by atomic mass is 9.76. The predicted octanol–water partition coefficient (Wildman–Crippen LogP) is 11.5. The van der Waals surface area contributed by atoms with E-state index in [4.69, 9.17) is 0 Å². The first-order chi connectivity index (χ1) is 18.3. The minimum absolute atomic E-state index is 0.916. The Labute approximate surface area is 240 Å². The van der Waals surface area contributed by atoms with Gasteiger partial charge >= 0.3 is 0 Å². The molecule has 0 amide bonds. The number of aryl methyl sites for hydroxylation is 2. The van der Waals surface area contributed by atoms with Crippen molar-refractivity contribution in [2.75, 3.05) is 0 Å². The first kappa shape index (κ1) is 29.6. The molecule has 0 aliphatic heterocycles. The molecule has 39 heavy (non-hydrogen) atoms. The Morgan fingerprint density at radius 2 is 0.795 bits per heavy atom. The van der Waals surface area contributed by atoms with Gasteiger partial charge < -0.3 is 0 Å². The molecule has 0 heterocycles. The normalized spacial score (nSPS) is 17.7. The van der Waals surface area contributed by atoms with Crippen molar-refractivity contribution in [2.24, 2.45) is 11.8 Å². The van der Waals surface area contributed by atoms with Crippen molar-refractivity contribution < 1.29 is 0 Å². The summed E-state index contributed by atoms with van der Waals surface area (Å²) in [4.78, 5) is 0. The number of hydrogen-bond acceptors (Lipinski definition) is 0. The zero-order chi connectivity index (χ0) is 28.9. The fourth-order valence-electron chi connectivity index (χ4n) is 7.76. The fraction of sp³-hybridized carbons (Fsp3) is 0.538. The van der Waals surface area contributed by atoms with Crippen molar-refractivity contribution >= 4 is 0 Å². The van der Waals surface area contributed by atoms with Crippen molar-refractivity contribution in [1.29, 1.82) is 0 Å². The Balaban J connectivity index is 1.85. The molecule has 0 atom stereocenters. The third-order valence-corrected chi connectivity index (χ3v) is 11.2. The van der Waals surface area contributed by atoms with Gasteiger partial charge in [0.15, 0.2) is 0 Å². The molecule has 1 saturated carbocycles. The maximum Gasteiger partial charge on any atom is -0.0114 e. The van der Waals surface area contributed by atoms with Crippen LogP contribution in [0.4, 0.5) is 0 Å². The van der Waals surface area contributed by atoms with Gasteiger partial charge in [0.2, 0.25) is 0 Å². The van der Waals surface area contributed by atoms with E-state index in [-0.39, 0.29) is 0 Å². The highest BCUT2D eigenvalue weighted by atomic mass is 14.3. The van der Waals surface area contributed by atoms with Crippen LogP contribution < -0.4 is 0 Å². The van der Waals surface area contributed by atoms with Crippen LogP contribution in [0, 0.1) is 94.9 Å². The summed E-state index contributed by atoms with van der Waals surface area (Å²) in [7, 11) is 0. The average molecular weight is 523 g/mol. The van der Waals surface area contributed by atoms with Crippen molar-refractivity contribution in [1.82, 2.24) is 0 Å². The fourth-order valence-corrected chi connectivity index (χ4v) is 7.76. The highest BCUT2D eigenvalue weighted by Gasteiger charge is 2.25. The SMILES string of the molecule is Cc1cc(C)c(C)c(-c2c(C)c(C)c(-c3c(C)c(C)c(CCC4CCC(C)CC4)c(C)c3C)c(C)c2C)c1C. The summed E-state index contributed by atoms with van der Waals surface area (Å²) >= 11 is 0. The minimum atomic E-state index is 0.916. The summed E-state index contributed by atoms with van der Waals surface area (Å²) in [6, 6.07) is 2.35. The van der Waals surface area contributed by atoms with Crippen molar-refractivity contribution in [2.45, 2.75) is 129 Å². The Morgan fingerprint density at radius 3 is 1.18 bits per heavy atom. The van der Waals surface area contributed by atoms with Gasteiger partial charge in [0.25, 0.3) is 0 Å². The smallest absolute Gasteiger partial charge is 0.0114 e. The summed E-state index contributed by atoms with van der Waals surface area (Å²) in [5, 5.41) is 0. The number of benzene rings is 3. The lowest BCUT2D eigenvalue weighted by molar-refractivity contribution is 0.277. The molecule has 0 N–H and O–H groups in total. The Kier molecular flexibility index (Phi) is 8.56. The molecule has 4 rings (SSSR count). The second-order valence-electron chi connectivity index (χ2n) is 13.4. The zero-order valence-corrected chi connectivity index (χ0v) is 27.5. The molecular weight excluding hydrogens is 468 g/mol. The van der Waals surface area contributed by atoms with Gasteiger partial charge in [0.1, 0.15) is 0 Å². The molecule has 3 aromatic carbocycles. The van der Waals surface area contributed by atoms with Crippen LogP contribution in [0.25, 0.3) is 22.3 Å². The van der Waals surface area contributed by atoms with Gasteiger partial charge in [-0.05, 0) is 202 Å². The van der Waals surface area contributed by atoms with E-state index in [1.54, 1.807) is 5.56 Å². The van der Waals surface area contributed by atoms with Crippen molar-refractivity contribution in [3.05, 3.63) is 78.4 Å². The second kappa shape index (κ2) is 11.3. The van der Waals surface area contributed by atoms with E-state index in [1.807, 2.05) is 0 Å². The van der Waals surface area contributed by atoms with Crippen LogP contribution in [-0.4, -0.2) is 0 Å². The van der Waals surface area contributed by atoms with E-state index in [0.29, 0.717) is 0 Å². The summed E-state index contributed by atoms with van der Waals surface area (Å²) in [5.74, 6) is 1.85. The molecule has 0 aromatic heterocycles. The van der Waals surface area contributed by atoms with Gasteiger partial charge in [-0.2, -0.15) is 0 Å². The molecule has 0 saturated heterocycles. The predicted molar refractivity (Wildman–Crippen MR) is 174 cm³/mol. The summed E-state index contributed by atoms with van der Waals surface area (Å²) in [5.41, 5.74) is 24.9. The lowest BCUT2D eigenvalue weighted by Crippen LogP contribution is -2.14. The van der Waals surface area contributed by atoms with Crippen molar-refractivity contribution in [3.8, 4) is 22.3 Å². The standard InChI is InChI=1S/C39H54/c1-21-14-16-34(17-15-21)18-19-35-26(6)28(8)37(29(9)27(35)7)39-32(12)30(10)38(31(11)33(39)13)36-24(4)22(2)20-23(3)25(36)5/h20-21,34H,14-19H2,1-13H3. The maximum atomic E-state index is 2.43. The van der Waals surface area contributed by atoms with Crippen LogP contribution in [0.2, 0.25) is 0 Å². The number of rotatable bonds is 5. The van der Waals surface area contributed by atoms with Crippen LogP contribution in [0.5, 0.6) is 0 Å². The molecular formula is C39H54. The van der Waals surface area contributed by atoms with Gasteiger partial charge in [0, 0.05) is 0 Å². The maximum absolute atomic E-state index is 2.43. The van der Waals surface area contributed by atoms with Crippen LogP contribution in [0.3, 0.4) is 0 Å². The van der Waals surface area contributed by atoms with Gasteiger partial charge in [-0.25, -0.2) is 0 Å². The van der Waals surface area contributed by atoms with E-state index in [1.165, 1.54) is 128 Å². The molecule has 0 heteroatoms. The van der Waals surface area contributed by atoms with Gasteiger partial charge in [-0.3, -0.25) is 0 Å². The molecule has 0 bridgehead atoms. The highest BCUT2D eigenvalue weighted by Crippen LogP contribution is 2.45. The number of hydrogen-bond donors (Lipinski definition) is 0. The van der Waals surface area contributed by atoms with E-state index in [9.17, 15) is 0 Å². The van der Waals surface area contributed by atoms with Crippen LogP contribution in [-0.2, 0) is 6.42 Å². The van der Waals surface area contributed by atoms with Gasteiger partial charge in [0.05, 0.1) is 0 Å². The molecule has 1 fully saturated rings. The third-order valence-electron chi connectivity index (χ3n) is 11.2. The van der Waals surface area contributed by atoms with Gasteiger partial charge in [-0.1, -0.05) is 38.7 Å². The average Bonchev–Trinajstić information content (AvgIpc) is 2.90. The topological polar surface area (TPSA) is 0 Å². The monoisotopic (exact) mass is 522 g/mol. The molecule has 1 aliphatic rings. The van der Waals surface area contributed by atoms with Gasteiger partial charge in [-0.15, -0.1) is 0 Å². The van der Waals surface area contributed by atoms with Crippen LogP contribution in [0.15, 0.2) is 6.07 Å². The molecule has 210 valence electrons. The van der Waals surface area contributed by atoms with E-state index in [0.717, 1.165) is 11.8 Å². The summed E-state index contributed by atoms with van der Waals surface area (Å²) in [6.07, 6.45) is 8.29. The molecule has 3 aromatic rings. The molecule has 1 aliphatic carbocycles. The first-order valence-corrected chi connectivity index (χ1v) is 15.5. The van der Waals surface area contributed by atoms with E-state index >= 15 is 0 Å². The summed E-state index contributed by atoms with van der Waals surface area (Å²) < 4.78 is 0. The van der Waals surface area contributed by atoms with Crippen molar-refractivity contribution in [3.63, 3.8) is 0 Å². The largest absolute Gasteiger partial charge is 0.0625 e. The van der Waals surface area contributed by atoms with Crippen LogP contribution in [0.1, 0.15) is 111 Å². The third kappa shape index (κ3) is 5.14. The Bertz CT molecular complexity index is 1340. The zero-order valence-electron chi connectivity index (χ0n) is 27.5. The quantitative estimate of drug-likeness (QED) is 0.312. The van der Waals surface area contributed by atoms with Crippen LogP contribution >= 0.6 is 0 Å². The Hall–Kier alpha value is -2.34.